The van der Waals surface area contributed by atoms with Crippen LogP contribution in [0.2, 0.25) is 5.02 Å². The Balaban J connectivity index is 1.29. The fraction of sp³-hybridized carbons (Fsp3) is 0.333. The van der Waals surface area contributed by atoms with Gasteiger partial charge in [-0.3, -0.25) is 9.48 Å². The number of likely N-dealkylation sites (N-methyl/N-ethyl adjacent to an activating group) is 1. The molecule has 1 atom stereocenters. The Bertz CT molecular complexity index is 1240. The van der Waals surface area contributed by atoms with E-state index in [0.29, 0.717) is 28.8 Å². The van der Waals surface area contributed by atoms with Gasteiger partial charge in [-0.2, -0.15) is 9.69 Å². The van der Waals surface area contributed by atoms with Crippen molar-refractivity contribution in [2.75, 3.05) is 37.4 Å². The Hall–Kier alpha value is -3.43. The van der Waals surface area contributed by atoms with Crippen molar-refractivity contribution in [1.29, 1.82) is 0 Å². The van der Waals surface area contributed by atoms with Gasteiger partial charge in [-0.05, 0) is 24.5 Å². The Labute approximate surface area is 202 Å². The highest BCUT2D eigenvalue weighted by molar-refractivity contribution is 6.33. The Morgan fingerprint density at radius 2 is 2.00 bits per heavy atom. The third-order valence-corrected chi connectivity index (χ3v) is 6.71. The highest BCUT2D eigenvalue weighted by atomic mass is 35.5. The second-order valence-corrected chi connectivity index (χ2v) is 9.34. The molecule has 9 nitrogen and oxygen atoms in total. The highest BCUT2D eigenvalue weighted by Gasteiger charge is 2.39. The van der Waals surface area contributed by atoms with E-state index in [0.717, 1.165) is 43.5 Å². The molecule has 3 aromatic rings. The van der Waals surface area contributed by atoms with Crippen LogP contribution in [0.3, 0.4) is 0 Å². The zero-order chi connectivity index (χ0) is 23.7. The van der Waals surface area contributed by atoms with Gasteiger partial charge in [0.05, 0.1) is 35.7 Å². The first kappa shape index (κ1) is 22.4. The van der Waals surface area contributed by atoms with Gasteiger partial charge in [-0.15, -0.1) is 0 Å². The molecule has 10 heteroatoms. The van der Waals surface area contributed by atoms with Gasteiger partial charge in [0.25, 0.3) is 0 Å². The van der Waals surface area contributed by atoms with E-state index in [1.54, 1.807) is 29.3 Å². The predicted octanol–water partition coefficient (Wildman–Crippen LogP) is 3.47. The number of hydrogen-bond donors (Lipinski definition) is 2. The van der Waals surface area contributed by atoms with Crippen molar-refractivity contribution in [1.82, 2.24) is 19.7 Å². The minimum absolute atomic E-state index is 0.00631. The van der Waals surface area contributed by atoms with E-state index >= 15 is 0 Å². The summed E-state index contributed by atoms with van der Waals surface area (Å²) in [6.07, 6.45) is 7.88. The van der Waals surface area contributed by atoms with Crippen molar-refractivity contribution in [3.63, 3.8) is 0 Å². The predicted molar refractivity (Wildman–Crippen MR) is 130 cm³/mol. The van der Waals surface area contributed by atoms with Crippen molar-refractivity contribution in [2.45, 2.75) is 25.8 Å². The van der Waals surface area contributed by atoms with Crippen molar-refractivity contribution in [3.8, 4) is 0 Å². The van der Waals surface area contributed by atoms with Crippen LogP contribution in [0.5, 0.6) is 0 Å². The maximum absolute atomic E-state index is 13.2. The number of nitrogens with one attached hydrogen (secondary N) is 2. The van der Waals surface area contributed by atoms with E-state index in [9.17, 15) is 9.59 Å². The number of rotatable bonds is 6. The first-order valence-electron chi connectivity index (χ1n) is 11.4. The summed E-state index contributed by atoms with van der Waals surface area (Å²) in [7, 11) is 1.85. The van der Waals surface area contributed by atoms with Gasteiger partial charge in [-0.1, -0.05) is 29.8 Å². The standard InChI is InChI=1S/C24H27ClN7O2/c1-32(11-8-17-6-2-3-7-19(17)24(32)34)29-21-12-22(26-14-20(21)25)28-18-13-27-31(15-18)16-23(33)30-9-4-5-10-30/h2-3,6-7,12-15H,4-5,8-11,16H2,1H3,(H2,26,28,29)/q+1. The lowest BCUT2D eigenvalue weighted by atomic mass is 9.99. The van der Waals surface area contributed by atoms with Crippen LogP contribution in [-0.2, 0) is 17.8 Å². The molecule has 176 valence electrons. The largest absolute Gasteiger partial charge is 0.370 e. The molecular formula is C24H27ClN7O2+. The molecule has 1 aromatic carbocycles. The van der Waals surface area contributed by atoms with E-state index in [2.05, 4.69) is 20.8 Å². The van der Waals surface area contributed by atoms with Crippen molar-refractivity contribution in [3.05, 3.63) is 65.1 Å². The summed E-state index contributed by atoms with van der Waals surface area (Å²) in [5.74, 6) is 0.620. The average molecular weight is 481 g/mol. The summed E-state index contributed by atoms with van der Waals surface area (Å²) in [5.41, 5.74) is 6.41. The van der Waals surface area contributed by atoms with E-state index < -0.39 is 0 Å². The Morgan fingerprint density at radius 3 is 2.82 bits per heavy atom. The number of carbonyl (C=O) groups is 2. The van der Waals surface area contributed by atoms with E-state index in [-0.39, 0.29) is 23.0 Å². The molecule has 0 bridgehead atoms. The molecule has 1 saturated heterocycles. The quantitative estimate of drug-likeness (QED) is 0.525. The van der Waals surface area contributed by atoms with Crippen molar-refractivity contribution in [2.24, 2.45) is 0 Å². The monoisotopic (exact) mass is 480 g/mol. The van der Waals surface area contributed by atoms with Gasteiger partial charge in [0, 0.05) is 31.8 Å². The molecule has 2 N–H and O–H groups in total. The van der Waals surface area contributed by atoms with Gasteiger partial charge in [0.15, 0.2) is 0 Å². The normalized spacial score (nSPS) is 19.7. The zero-order valence-electron chi connectivity index (χ0n) is 19.0. The third-order valence-electron chi connectivity index (χ3n) is 6.41. The summed E-state index contributed by atoms with van der Waals surface area (Å²) < 4.78 is 1.63. The summed E-state index contributed by atoms with van der Waals surface area (Å²) in [6, 6.07) is 9.47. The number of hydrogen-bond acceptors (Lipinski definition) is 6. The lowest BCUT2D eigenvalue weighted by Crippen LogP contribution is -2.57. The first-order valence-corrected chi connectivity index (χ1v) is 11.8. The van der Waals surface area contributed by atoms with Gasteiger partial charge in [-0.25, -0.2) is 15.2 Å². The fourth-order valence-corrected chi connectivity index (χ4v) is 4.64. The molecule has 2 aromatic heterocycles. The number of fused-ring (bicyclic) bond motifs is 1. The molecule has 2 aliphatic heterocycles. The molecule has 5 rings (SSSR count). The molecule has 4 heterocycles. The number of halogens is 1. The van der Waals surface area contributed by atoms with Gasteiger partial charge in [0.2, 0.25) is 5.91 Å². The third kappa shape index (κ3) is 4.49. The van der Waals surface area contributed by atoms with Gasteiger partial charge >= 0.3 is 5.91 Å². The second kappa shape index (κ2) is 9.08. The minimum Gasteiger partial charge on any atom is -0.341 e. The number of aromatic nitrogens is 3. The van der Waals surface area contributed by atoms with E-state index in [1.807, 2.05) is 36.2 Å². The second-order valence-electron chi connectivity index (χ2n) is 8.93. The number of amides is 2. The lowest BCUT2D eigenvalue weighted by molar-refractivity contribution is -0.807. The lowest BCUT2D eigenvalue weighted by Gasteiger charge is -2.35. The van der Waals surface area contributed by atoms with Crippen molar-refractivity contribution >= 4 is 40.6 Å². The number of benzene rings is 1. The maximum atomic E-state index is 13.2. The topological polar surface area (TPSA) is 92.2 Å². The van der Waals surface area contributed by atoms with Crippen LogP contribution in [0.1, 0.15) is 28.8 Å². The molecule has 2 amide bonds. The molecule has 34 heavy (non-hydrogen) atoms. The number of nitrogens with zero attached hydrogens (tertiary/aromatic N) is 5. The molecule has 0 spiro atoms. The number of quaternary nitrogens is 1. The smallest absolute Gasteiger partial charge is 0.341 e. The SMILES string of the molecule is C[N+]1(Nc2cc(Nc3cnn(CC(=O)N4CCCC4)c3)ncc2Cl)CCc2ccccc2C1=O. The van der Waals surface area contributed by atoms with Crippen LogP contribution in [0, 0.1) is 0 Å². The Kier molecular flexibility index (Phi) is 5.97. The molecule has 0 saturated carbocycles. The number of likely N-dealkylation sites (tertiary alicyclic amines) is 1. The molecular weight excluding hydrogens is 454 g/mol. The van der Waals surface area contributed by atoms with E-state index in [4.69, 9.17) is 11.6 Å². The summed E-state index contributed by atoms with van der Waals surface area (Å²) >= 11 is 6.42. The van der Waals surface area contributed by atoms with Crippen LogP contribution in [-0.4, -0.2) is 62.8 Å². The molecule has 1 unspecified atom stereocenters. The molecule has 0 aliphatic carbocycles. The number of anilines is 3. The number of carbonyl (C=O) groups excluding carboxylic acids is 2. The number of pyridine rings is 1. The van der Waals surface area contributed by atoms with Gasteiger partial charge in [0.1, 0.15) is 24.6 Å². The minimum atomic E-state index is -0.00631. The molecule has 0 radical (unpaired) electrons. The van der Waals surface area contributed by atoms with Crippen LogP contribution >= 0.6 is 11.6 Å². The summed E-state index contributed by atoms with van der Waals surface area (Å²) in [4.78, 5) is 31.8. The summed E-state index contributed by atoms with van der Waals surface area (Å²) in [5, 5.41) is 7.91. The highest BCUT2D eigenvalue weighted by Crippen LogP contribution is 2.30. The van der Waals surface area contributed by atoms with Crippen LogP contribution < -0.4 is 10.7 Å². The first-order chi connectivity index (χ1) is 16.4. The average Bonchev–Trinajstić information content (AvgIpc) is 3.52. The summed E-state index contributed by atoms with van der Waals surface area (Å²) in [6.45, 7) is 2.46. The van der Waals surface area contributed by atoms with Crippen molar-refractivity contribution < 1.29 is 14.2 Å². The van der Waals surface area contributed by atoms with Crippen LogP contribution in [0.25, 0.3) is 0 Å². The zero-order valence-corrected chi connectivity index (χ0v) is 19.8. The maximum Gasteiger partial charge on any atom is 0.370 e. The van der Waals surface area contributed by atoms with Crippen LogP contribution in [0.4, 0.5) is 17.2 Å². The Morgan fingerprint density at radius 1 is 1.21 bits per heavy atom. The fourth-order valence-electron chi connectivity index (χ4n) is 4.49. The molecule has 1 fully saturated rings. The van der Waals surface area contributed by atoms with Gasteiger partial charge < -0.3 is 10.2 Å². The van der Waals surface area contributed by atoms with E-state index in [1.165, 1.54) is 0 Å². The molecule has 2 aliphatic rings. The van der Waals surface area contributed by atoms with Crippen LogP contribution in [0.15, 0.2) is 48.9 Å².